The van der Waals surface area contributed by atoms with Gasteiger partial charge in [-0.15, -0.1) is 11.3 Å². The minimum absolute atomic E-state index is 0.0827. The molecular weight excluding hydrogens is 346 g/mol. The smallest absolute Gasteiger partial charge is 0.265 e. The maximum Gasteiger partial charge on any atom is 0.265 e. The van der Waals surface area contributed by atoms with Crippen molar-refractivity contribution < 1.29 is 4.79 Å². The first-order valence-corrected chi connectivity index (χ1v) is 9.71. The van der Waals surface area contributed by atoms with Crippen LogP contribution in [0.5, 0.6) is 0 Å². The highest BCUT2D eigenvalue weighted by Gasteiger charge is 2.19. The molecule has 0 aliphatic carbocycles. The van der Waals surface area contributed by atoms with Gasteiger partial charge >= 0.3 is 0 Å². The molecule has 4 rings (SSSR count). The summed E-state index contributed by atoms with van der Waals surface area (Å²) in [4.78, 5) is 19.0. The van der Waals surface area contributed by atoms with Gasteiger partial charge in [-0.25, -0.2) is 4.98 Å². The minimum atomic E-state index is -0.0827. The Hall–Kier alpha value is -2.51. The fraction of sp³-hybridized carbons (Fsp3) is 0.316. The van der Waals surface area contributed by atoms with Crippen LogP contribution in [0.4, 0.5) is 5.69 Å². The van der Waals surface area contributed by atoms with Crippen LogP contribution in [0.1, 0.15) is 46.2 Å². The molecule has 3 aromatic rings. The van der Waals surface area contributed by atoms with E-state index in [1.165, 1.54) is 11.3 Å². The van der Waals surface area contributed by atoms with E-state index in [0.29, 0.717) is 11.9 Å². The van der Waals surface area contributed by atoms with Gasteiger partial charge in [0.05, 0.1) is 4.88 Å². The van der Waals surface area contributed by atoms with Crippen LogP contribution in [0, 0.1) is 0 Å². The van der Waals surface area contributed by atoms with Crippen molar-refractivity contribution in [2.24, 2.45) is 0 Å². The Morgan fingerprint density at radius 3 is 3.04 bits per heavy atom. The summed E-state index contributed by atoms with van der Waals surface area (Å²) in [6.45, 7) is 3.08. The third kappa shape index (κ3) is 3.54. The summed E-state index contributed by atoms with van der Waals surface area (Å²) in [6, 6.07) is 12.0. The van der Waals surface area contributed by atoms with Gasteiger partial charge in [-0.05, 0) is 43.7 Å². The van der Waals surface area contributed by atoms with E-state index in [2.05, 4.69) is 31.9 Å². The second kappa shape index (κ2) is 7.39. The van der Waals surface area contributed by atoms with Crippen molar-refractivity contribution >= 4 is 22.9 Å². The van der Waals surface area contributed by atoms with Crippen molar-refractivity contribution in [1.82, 2.24) is 20.5 Å². The molecule has 1 aliphatic rings. The van der Waals surface area contributed by atoms with Crippen molar-refractivity contribution in [2.45, 2.75) is 32.2 Å². The largest absolute Gasteiger partial charge is 0.321 e. The Bertz CT molecular complexity index is 910. The van der Waals surface area contributed by atoms with Crippen LogP contribution < -0.4 is 10.6 Å². The molecule has 26 heavy (non-hydrogen) atoms. The van der Waals surface area contributed by atoms with Crippen molar-refractivity contribution in [3.8, 4) is 11.4 Å². The number of amides is 1. The summed E-state index contributed by atoms with van der Waals surface area (Å²) in [5.41, 5.74) is 1.62. The Labute approximate surface area is 156 Å². The predicted molar refractivity (Wildman–Crippen MR) is 103 cm³/mol. The Balaban J connectivity index is 1.48. The number of anilines is 1. The molecule has 0 bridgehead atoms. The summed E-state index contributed by atoms with van der Waals surface area (Å²) in [7, 11) is 0. The normalized spacial score (nSPS) is 16.7. The number of aromatic nitrogens is 3. The molecule has 0 radical (unpaired) electrons. The van der Waals surface area contributed by atoms with E-state index >= 15 is 0 Å². The second-order valence-electron chi connectivity index (χ2n) is 6.35. The SMILES string of the molecule is CCc1nc(-c2cccc(NC(=O)c3ccc(C4CCCN4)s3)c2)n[nH]1. The first kappa shape index (κ1) is 16.9. The van der Waals surface area contributed by atoms with Gasteiger partial charge in [-0.1, -0.05) is 19.1 Å². The van der Waals surface area contributed by atoms with Crippen LogP contribution in [0.2, 0.25) is 0 Å². The molecule has 1 aromatic carbocycles. The molecule has 1 amide bonds. The Kier molecular flexibility index (Phi) is 4.81. The zero-order valence-electron chi connectivity index (χ0n) is 14.6. The number of carbonyl (C=O) groups excluding carboxylic acids is 1. The van der Waals surface area contributed by atoms with E-state index in [-0.39, 0.29) is 5.91 Å². The lowest BCUT2D eigenvalue weighted by Crippen LogP contribution is -2.11. The number of benzene rings is 1. The number of hydrogen-bond acceptors (Lipinski definition) is 5. The highest BCUT2D eigenvalue weighted by Crippen LogP contribution is 2.30. The predicted octanol–water partition coefficient (Wildman–Crippen LogP) is 3.77. The molecule has 6 nitrogen and oxygen atoms in total. The molecule has 2 aromatic heterocycles. The molecule has 0 spiro atoms. The molecule has 1 unspecified atom stereocenters. The number of rotatable bonds is 5. The summed E-state index contributed by atoms with van der Waals surface area (Å²) in [5.74, 6) is 1.41. The lowest BCUT2D eigenvalue weighted by atomic mass is 10.2. The van der Waals surface area contributed by atoms with Gasteiger partial charge in [0.1, 0.15) is 5.82 Å². The number of aryl methyl sites for hydroxylation is 1. The Morgan fingerprint density at radius 2 is 2.27 bits per heavy atom. The van der Waals surface area contributed by atoms with Gasteiger partial charge < -0.3 is 10.6 Å². The number of thiophene rings is 1. The van der Waals surface area contributed by atoms with Crippen molar-refractivity contribution in [3.63, 3.8) is 0 Å². The van der Waals surface area contributed by atoms with Gasteiger partial charge in [0.25, 0.3) is 5.91 Å². The monoisotopic (exact) mass is 367 g/mol. The number of H-pyrrole nitrogens is 1. The summed E-state index contributed by atoms with van der Waals surface area (Å²) >= 11 is 1.56. The van der Waals surface area contributed by atoms with Crippen molar-refractivity contribution in [3.05, 3.63) is 52.0 Å². The zero-order valence-corrected chi connectivity index (χ0v) is 15.4. The quantitative estimate of drug-likeness (QED) is 0.641. The van der Waals surface area contributed by atoms with Gasteiger partial charge in [0, 0.05) is 28.6 Å². The van der Waals surface area contributed by atoms with Crippen LogP contribution in [-0.2, 0) is 6.42 Å². The van der Waals surface area contributed by atoms with Gasteiger partial charge in [0.15, 0.2) is 5.82 Å². The molecular formula is C19H21N5OS. The fourth-order valence-corrected chi connectivity index (χ4v) is 4.11. The highest BCUT2D eigenvalue weighted by molar-refractivity contribution is 7.14. The number of aromatic amines is 1. The fourth-order valence-electron chi connectivity index (χ4n) is 3.10. The van der Waals surface area contributed by atoms with E-state index in [4.69, 9.17) is 0 Å². The molecule has 3 N–H and O–H groups in total. The van der Waals surface area contributed by atoms with Gasteiger partial charge in [-0.2, -0.15) is 5.10 Å². The molecule has 0 saturated carbocycles. The van der Waals surface area contributed by atoms with Gasteiger partial charge in [-0.3, -0.25) is 9.89 Å². The maximum atomic E-state index is 12.6. The first-order valence-electron chi connectivity index (χ1n) is 8.89. The summed E-state index contributed by atoms with van der Waals surface area (Å²) < 4.78 is 0. The van der Waals surface area contributed by atoms with Crippen LogP contribution in [0.15, 0.2) is 36.4 Å². The number of nitrogens with zero attached hydrogens (tertiary/aromatic N) is 2. The van der Waals surface area contributed by atoms with E-state index in [0.717, 1.165) is 41.3 Å². The van der Waals surface area contributed by atoms with Crippen LogP contribution in [-0.4, -0.2) is 27.6 Å². The summed E-state index contributed by atoms with van der Waals surface area (Å²) in [6.07, 6.45) is 3.14. The maximum absolute atomic E-state index is 12.6. The second-order valence-corrected chi connectivity index (χ2v) is 7.46. The molecule has 1 fully saturated rings. The number of hydrogen-bond donors (Lipinski definition) is 3. The molecule has 1 saturated heterocycles. The van der Waals surface area contributed by atoms with Crippen molar-refractivity contribution in [2.75, 3.05) is 11.9 Å². The standard InChI is InChI=1S/C19H21N5OS/c1-2-17-22-18(24-23-17)12-5-3-6-13(11-12)21-19(25)16-9-8-15(26-16)14-7-4-10-20-14/h3,5-6,8-9,11,14,20H,2,4,7,10H2,1H3,(H,21,25)(H,22,23,24). The third-order valence-corrected chi connectivity index (χ3v) is 5.70. The molecule has 7 heteroatoms. The van der Waals surface area contributed by atoms with Crippen molar-refractivity contribution in [1.29, 1.82) is 0 Å². The lowest BCUT2D eigenvalue weighted by Gasteiger charge is -2.07. The zero-order chi connectivity index (χ0) is 17.9. The minimum Gasteiger partial charge on any atom is -0.321 e. The average molecular weight is 367 g/mol. The average Bonchev–Trinajstić information content (AvgIpc) is 3.42. The third-order valence-electron chi connectivity index (χ3n) is 4.50. The van der Waals surface area contributed by atoms with Crippen LogP contribution in [0.3, 0.4) is 0 Å². The summed E-state index contributed by atoms with van der Waals surface area (Å²) in [5, 5.41) is 13.6. The lowest BCUT2D eigenvalue weighted by molar-refractivity contribution is 0.103. The topological polar surface area (TPSA) is 82.7 Å². The molecule has 3 heterocycles. The van der Waals surface area contributed by atoms with Crippen LogP contribution >= 0.6 is 11.3 Å². The molecule has 1 aliphatic heterocycles. The number of nitrogens with one attached hydrogen (secondary N) is 3. The Morgan fingerprint density at radius 1 is 1.35 bits per heavy atom. The van der Waals surface area contributed by atoms with E-state index in [9.17, 15) is 4.79 Å². The van der Waals surface area contributed by atoms with E-state index < -0.39 is 0 Å². The first-order chi connectivity index (χ1) is 12.7. The molecule has 134 valence electrons. The molecule has 1 atom stereocenters. The number of carbonyl (C=O) groups is 1. The van der Waals surface area contributed by atoms with Gasteiger partial charge in [0.2, 0.25) is 0 Å². The van der Waals surface area contributed by atoms with E-state index in [1.54, 1.807) is 11.3 Å². The van der Waals surface area contributed by atoms with Crippen LogP contribution in [0.25, 0.3) is 11.4 Å². The van der Waals surface area contributed by atoms with E-state index in [1.807, 2.05) is 37.3 Å². The highest BCUT2D eigenvalue weighted by atomic mass is 32.1.